The van der Waals surface area contributed by atoms with Crippen LogP contribution in [-0.2, 0) is 9.53 Å². The molecule has 1 aromatic carbocycles. The molecule has 0 aliphatic rings. The third kappa shape index (κ3) is 5.53. The van der Waals surface area contributed by atoms with E-state index >= 15 is 0 Å². The number of unbranched alkanes of at least 4 members (excludes halogenated alkanes) is 2. The van der Waals surface area contributed by atoms with E-state index in [1.165, 1.54) is 18.4 Å². The van der Waals surface area contributed by atoms with Crippen molar-refractivity contribution in [3.63, 3.8) is 0 Å². The standard InChI is InChI=1S/C19H21NO4S/c1-24-17(21)11-3-2-6-12-20-19(23)15-9-5-4-8-14(15)18(22)16-10-7-13-25-16/h4-5,7-10,13H,2-3,6,11-12H2,1H3,(H,20,23). The average Bonchev–Trinajstić information content (AvgIpc) is 3.18. The minimum atomic E-state index is -0.256. The molecule has 0 saturated carbocycles. The Kier molecular flexibility index (Phi) is 7.35. The Bertz CT molecular complexity index is 725. The summed E-state index contributed by atoms with van der Waals surface area (Å²) >= 11 is 1.36. The monoisotopic (exact) mass is 359 g/mol. The second-order valence-corrected chi connectivity index (χ2v) is 6.44. The normalized spacial score (nSPS) is 10.3. The molecule has 1 heterocycles. The van der Waals surface area contributed by atoms with Gasteiger partial charge in [-0.3, -0.25) is 14.4 Å². The Hall–Kier alpha value is -2.47. The summed E-state index contributed by atoms with van der Waals surface area (Å²) in [5.41, 5.74) is 0.795. The third-order valence-corrected chi connectivity index (χ3v) is 4.60. The Morgan fingerprint density at radius 3 is 2.44 bits per heavy atom. The fourth-order valence-electron chi connectivity index (χ4n) is 2.39. The van der Waals surface area contributed by atoms with Gasteiger partial charge in [0.05, 0.1) is 17.6 Å². The lowest BCUT2D eigenvalue weighted by Crippen LogP contribution is -2.26. The Morgan fingerprint density at radius 1 is 1.00 bits per heavy atom. The summed E-state index contributed by atoms with van der Waals surface area (Å²) in [6, 6.07) is 10.4. The summed E-state index contributed by atoms with van der Waals surface area (Å²) in [5.74, 6) is -0.614. The zero-order valence-electron chi connectivity index (χ0n) is 14.1. The number of hydrogen-bond donors (Lipinski definition) is 1. The molecule has 0 bridgehead atoms. The molecule has 2 rings (SSSR count). The van der Waals surface area contributed by atoms with Crippen molar-refractivity contribution >= 4 is 29.0 Å². The third-order valence-electron chi connectivity index (χ3n) is 3.73. The summed E-state index contributed by atoms with van der Waals surface area (Å²) in [6.45, 7) is 0.502. The molecule has 0 saturated heterocycles. The molecular formula is C19H21NO4S. The van der Waals surface area contributed by atoms with Crippen LogP contribution < -0.4 is 5.32 Å². The highest BCUT2D eigenvalue weighted by atomic mass is 32.1. The average molecular weight is 359 g/mol. The van der Waals surface area contributed by atoms with Crippen molar-refractivity contribution in [1.82, 2.24) is 5.32 Å². The molecule has 0 aliphatic carbocycles. The molecule has 5 nitrogen and oxygen atoms in total. The number of esters is 1. The summed E-state index contributed by atoms with van der Waals surface area (Å²) < 4.78 is 4.58. The van der Waals surface area contributed by atoms with Gasteiger partial charge in [0.25, 0.3) is 5.91 Å². The molecule has 132 valence electrons. The zero-order valence-corrected chi connectivity index (χ0v) is 14.9. The van der Waals surface area contributed by atoms with Gasteiger partial charge in [-0.25, -0.2) is 0 Å². The predicted octanol–water partition coefficient (Wildman–Crippen LogP) is 3.44. The minimum Gasteiger partial charge on any atom is -0.469 e. The van der Waals surface area contributed by atoms with Gasteiger partial charge in [-0.05, 0) is 30.4 Å². The molecule has 0 spiro atoms. The van der Waals surface area contributed by atoms with Crippen LogP contribution in [0, 0.1) is 0 Å². The van der Waals surface area contributed by atoms with E-state index in [-0.39, 0.29) is 17.7 Å². The highest BCUT2D eigenvalue weighted by molar-refractivity contribution is 7.12. The first-order chi connectivity index (χ1) is 12.1. The maximum atomic E-state index is 12.5. The van der Waals surface area contributed by atoms with E-state index in [9.17, 15) is 14.4 Å². The molecule has 1 amide bonds. The zero-order chi connectivity index (χ0) is 18.1. The number of rotatable bonds is 9. The molecule has 6 heteroatoms. The van der Waals surface area contributed by atoms with Gasteiger partial charge in [0, 0.05) is 18.5 Å². The van der Waals surface area contributed by atoms with Crippen molar-refractivity contribution < 1.29 is 19.1 Å². The van der Waals surface area contributed by atoms with E-state index < -0.39 is 0 Å². The number of amides is 1. The number of methoxy groups -OCH3 is 1. The molecule has 1 aromatic heterocycles. The van der Waals surface area contributed by atoms with Gasteiger partial charge in [-0.15, -0.1) is 11.3 Å². The van der Waals surface area contributed by atoms with Crippen molar-refractivity contribution in [3.05, 3.63) is 57.8 Å². The SMILES string of the molecule is COC(=O)CCCCCNC(=O)c1ccccc1C(=O)c1cccs1. The van der Waals surface area contributed by atoms with E-state index in [0.717, 1.165) is 19.3 Å². The Balaban J connectivity index is 1.88. The molecule has 2 aromatic rings. The van der Waals surface area contributed by atoms with Gasteiger partial charge in [0.2, 0.25) is 5.78 Å². The second-order valence-electron chi connectivity index (χ2n) is 5.49. The van der Waals surface area contributed by atoms with Crippen molar-refractivity contribution in [2.75, 3.05) is 13.7 Å². The maximum Gasteiger partial charge on any atom is 0.305 e. The molecule has 0 aliphatic heterocycles. The first-order valence-electron chi connectivity index (χ1n) is 8.15. The van der Waals surface area contributed by atoms with E-state index in [2.05, 4.69) is 10.1 Å². The molecule has 25 heavy (non-hydrogen) atoms. The number of carbonyl (C=O) groups excluding carboxylic acids is 3. The molecule has 0 fully saturated rings. The van der Waals surface area contributed by atoms with Crippen LogP contribution in [-0.4, -0.2) is 31.3 Å². The van der Waals surface area contributed by atoms with Gasteiger partial charge in [-0.1, -0.05) is 30.7 Å². The van der Waals surface area contributed by atoms with E-state index in [1.54, 1.807) is 30.3 Å². The van der Waals surface area contributed by atoms with Gasteiger partial charge in [-0.2, -0.15) is 0 Å². The maximum absolute atomic E-state index is 12.5. The first-order valence-corrected chi connectivity index (χ1v) is 9.03. The topological polar surface area (TPSA) is 72.5 Å². The number of thiophene rings is 1. The minimum absolute atomic E-state index is 0.140. The number of carbonyl (C=O) groups is 3. The number of ketones is 1. The lowest BCUT2D eigenvalue weighted by atomic mass is 10.0. The number of nitrogens with one attached hydrogen (secondary N) is 1. The van der Waals surface area contributed by atoms with Gasteiger partial charge in [0.15, 0.2) is 0 Å². The predicted molar refractivity (Wildman–Crippen MR) is 97.0 cm³/mol. The van der Waals surface area contributed by atoms with Crippen molar-refractivity contribution in [1.29, 1.82) is 0 Å². The van der Waals surface area contributed by atoms with Crippen LogP contribution in [0.15, 0.2) is 41.8 Å². The smallest absolute Gasteiger partial charge is 0.305 e. The number of hydrogen-bond acceptors (Lipinski definition) is 5. The van der Waals surface area contributed by atoms with Crippen LogP contribution in [0.5, 0.6) is 0 Å². The van der Waals surface area contributed by atoms with Crippen molar-refractivity contribution in [2.24, 2.45) is 0 Å². The van der Waals surface area contributed by atoms with E-state index in [1.807, 2.05) is 11.4 Å². The van der Waals surface area contributed by atoms with Crippen molar-refractivity contribution in [3.8, 4) is 0 Å². The quantitative estimate of drug-likeness (QED) is 0.423. The molecule has 0 atom stereocenters. The number of benzene rings is 1. The van der Waals surface area contributed by atoms with E-state index in [4.69, 9.17) is 0 Å². The van der Waals surface area contributed by atoms with Gasteiger partial charge >= 0.3 is 5.97 Å². The lowest BCUT2D eigenvalue weighted by molar-refractivity contribution is -0.140. The van der Waals surface area contributed by atoms with Crippen LogP contribution in [0.2, 0.25) is 0 Å². The van der Waals surface area contributed by atoms with E-state index in [0.29, 0.717) is 29.0 Å². The van der Waals surface area contributed by atoms with Gasteiger partial charge in [0.1, 0.15) is 0 Å². The van der Waals surface area contributed by atoms with Crippen LogP contribution in [0.4, 0.5) is 0 Å². The summed E-state index contributed by atoms with van der Waals surface area (Å²) in [5, 5.41) is 4.68. The van der Waals surface area contributed by atoms with Crippen LogP contribution >= 0.6 is 11.3 Å². The van der Waals surface area contributed by atoms with Crippen LogP contribution in [0.1, 0.15) is 51.3 Å². The molecular weight excluding hydrogens is 338 g/mol. The van der Waals surface area contributed by atoms with Crippen LogP contribution in [0.3, 0.4) is 0 Å². The van der Waals surface area contributed by atoms with Gasteiger partial charge < -0.3 is 10.1 Å². The summed E-state index contributed by atoms with van der Waals surface area (Å²) in [6.07, 6.45) is 2.72. The summed E-state index contributed by atoms with van der Waals surface area (Å²) in [4.78, 5) is 36.5. The fraction of sp³-hybridized carbons (Fsp3) is 0.316. The molecule has 0 radical (unpaired) electrons. The Labute approximate surface area is 151 Å². The lowest BCUT2D eigenvalue weighted by Gasteiger charge is -2.09. The number of ether oxygens (including phenoxy) is 1. The molecule has 0 unspecified atom stereocenters. The largest absolute Gasteiger partial charge is 0.469 e. The summed E-state index contributed by atoms with van der Waals surface area (Å²) in [7, 11) is 1.37. The highest BCUT2D eigenvalue weighted by Crippen LogP contribution is 2.18. The Morgan fingerprint density at radius 2 is 1.76 bits per heavy atom. The first kappa shape index (κ1) is 18.9. The fourth-order valence-corrected chi connectivity index (χ4v) is 3.07. The molecule has 1 N–H and O–H groups in total. The highest BCUT2D eigenvalue weighted by Gasteiger charge is 2.18. The van der Waals surface area contributed by atoms with Crippen LogP contribution in [0.25, 0.3) is 0 Å². The van der Waals surface area contributed by atoms with Crippen molar-refractivity contribution in [2.45, 2.75) is 25.7 Å². The second kappa shape index (κ2) is 9.74.